The minimum absolute atomic E-state index is 0.00214. The van der Waals surface area contributed by atoms with Gasteiger partial charge in [0, 0.05) is 26.2 Å². The second kappa shape index (κ2) is 7.86. The molecule has 0 atom stereocenters. The van der Waals surface area contributed by atoms with Crippen molar-refractivity contribution in [3.63, 3.8) is 0 Å². The highest BCUT2D eigenvalue weighted by molar-refractivity contribution is 7.16. The minimum atomic E-state index is -4.54. The van der Waals surface area contributed by atoms with Crippen molar-refractivity contribution in [1.82, 2.24) is 29.9 Å². The average Bonchev–Trinajstić information content (AvgIpc) is 3.48. The number of thiophene rings is 1. The quantitative estimate of drug-likeness (QED) is 0.468. The van der Waals surface area contributed by atoms with E-state index >= 15 is 0 Å². The SMILES string of the molecule is O=C(c1cn(-c2ccccc2C(F)(F)F)nn1)N1CCN(c2ncnc3sccc23)CC1. The topological polar surface area (TPSA) is 80.0 Å². The van der Waals surface area contributed by atoms with Crippen LogP contribution in [-0.2, 0) is 6.18 Å². The van der Waals surface area contributed by atoms with Crippen molar-refractivity contribution < 1.29 is 18.0 Å². The minimum Gasteiger partial charge on any atom is -0.352 e. The molecule has 1 amide bonds. The van der Waals surface area contributed by atoms with Gasteiger partial charge in [-0.15, -0.1) is 16.4 Å². The molecular formula is C20H16F3N7OS. The Morgan fingerprint density at radius 3 is 2.59 bits per heavy atom. The first-order valence-corrected chi connectivity index (χ1v) is 10.6. The number of para-hydroxylation sites is 1. The number of halogens is 3. The van der Waals surface area contributed by atoms with E-state index in [1.54, 1.807) is 16.2 Å². The van der Waals surface area contributed by atoms with Crippen LogP contribution in [0.3, 0.4) is 0 Å². The molecule has 4 heterocycles. The Balaban J connectivity index is 1.31. The number of hydrogen-bond donors (Lipinski definition) is 0. The molecule has 12 heteroatoms. The second-order valence-electron chi connectivity index (χ2n) is 7.18. The van der Waals surface area contributed by atoms with Crippen molar-refractivity contribution in [3.8, 4) is 5.69 Å². The van der Waals surface area contributed by atoms with E-state index in [-0.39, 0.29) is 17.3 Å². The summed E-state index contributed by atoms with van der Waals surface area (Å²) in [5.41, 5.74) is -1.03. The van der Waals surface area contributed by atoms with E-state index in [1.807, 2.05) is 11.4 Å². The molecule has 0 saturated carbocycles. The predicted octanol–water partition coefficient (Wildman–Crippen LogP) is 3.25. The summed E-state index contributed by atoms with van der Waals surface area (Å²) in [7, 11) is 0. The molecule has 5 rings (SSSR count). The lowest BCUT2D eigenvalue weighted by atomic mass is 10.1. The summed E-state index contributed by atoms with van der Waals surface area (Å²) in [5, 5.41) is 10.5. The van der Waals surface area contributed by atoms with Crippen molar-refractivity contribution in [2.75, 3.05) is 31.1 Å². The number of carbonyl (C=O) groups is 1. The molecule has 1 aliphatic heterocycles. The highest BCUT2D eigenvalue weighted by atomic mass is 32.1. The van der Waals surface area contributed by atoms with Gasteiger partial charge < -0.3 is 9.80 Å². The molecule has 1 aromatic carbocycles. The smallest absolute Gasteiger partial charge is 0.352 e. The van der Waals surface area contributed by atoms with Crippen LogP contribution in [0.4, 0.5) is 19.0 Å². The zero-order valence-electron chi connectivity index (χ0n) is 16.5. The van der Waals surface area contributed by atoms with Crippen LogP contribution in [0.15, 0.2) is 48.2 Å². The fraction of sp³-hybridized carbons (Fsp3) is 0.250. The van der Waals surface area contributed by atoms with Crippen molar-refractivity contribution >= 4 is 33.3 Å². The molecule has 1 aliphatic rings. The maximum atomic E-state index is 13.3. The number of fused-ring (bicyclic) bond motifs is 1. The van der Waals surface area contributed by atoms with E-state index in [1.165, 1.54) is 30.7 Å². The Hall–Kier alpha value is -3.54. The van der Waals surface area contributed by atoms with Crippen LogP contribution in [-0.4, -0.2) is 61.9 Å². The van der Waals surface area contributed by atoms with Crippen molar-refractivity contribution in [1.29, 1.82) is 0 Å². The molecule has 0 aliphatic carbocycles. The second-order valence-corrected chi connectivity index (χ2v) is 8.07. The monoisotopic (exact) mass is 459 g/mol. The van der Waals surface area contributed by atoms with Gasteiger partial charge in [0.1, 0.15) is 17.0 Å². The summed E-state index contributed by atoms with van der Waals surface area (Å²) in [5.74, 6) is 0.460. The molecular weight excluding hydrogens is 443 g/mol. The van der Waals surface area contributed by atoms with Gasteiger partial charge in [-0.2, -0.15) is 13.2 Å². The van der Waals surface area contributed by atoms with Crippen molar-refractivity contribution in [2.24, 2.45) is 0 Å². The normalized spacial score (nSPS) is 14.8. The largest absolute Gasteiger partial charge is 0.418 e. The predicted molar refractivity (Wildman–Crippen MR) is 112 cm³/mol. The summed E-state index contributed by atoms with van der Waals surface area (Å²) in [4.78, 5) is 26.2. The van der Waals surface area contributed by atoms with E-state index in [4.69, 9.17) is 0 Å². The highest BCUT2D eigenvalue weighted by Gasteiger charge is 2.34. The molecule has 8 nitrogen and oxygen atoms in total. The van der Waals surface area contributed by atoms with Crippen LogP contribution in [0.25, 0.3) is 15.9 Å². The number of rotatable bonds is 3. The Morgan fingerprint density at radius 2 is 1.81 bits per heavy atom. The molecule has 0 N–H and O–H groups in total. The Bertz CT molecular complexity index is 1280. The zero-order valence-corrected chi connectivity index (χ0v) is 17.3. The Labute approximate surface area is 183 Å². The van der Waals surface area contributed by atoms with Gasteiger partial charge in [0.2, 0.25) is 0 Å². The molecule has 0 unspecified atom stereocenters. The molecule has 1 saturated heterocycles. The van der Waals surface area contributed by atoms with Crippen LogP contribution in [0.5, 0.6) is 0 Å². The Morgan fingerprint density at radius 1 is 1.03 bits per heavy atom. The van der Waals surface area contributed by atoms with E-state index in [0.29, 0.717) is 26.2 Å². The highest BCUT2D eigenvalue weighted by Crippen LogP contribution is 2.33. The fourth-order valence-electron chi connectivity index (χ4n) is 3.70. The van der Waals surface area contributed by atoms with Gasteiger partial charge in [0.25, 0.3) is 5.91 Å². The molecule has 4 aromatic rings. The first kappa shape index (κ1) is 20.4. The third-order valence-corrected chi connectivity index (χ3v) is 6.10. The summed E-state index contributed by atoms with van der Waals surface area (Å²) in [6.45, 7) is 2.00. The van der Waals surface area contributed by atoms with Crippen LogP contribution in [0, 0.1) is 0 Å². The number of nitrogens with zero attached hydrogens (tertiary/aromatic N) is 7. The van der Waals surface area contributed by atoms with E-state index < -0.39 is 11.7 Å². The average molecular weight is 459 g/mol. The number of amides is 1. The molecule has 0 spiro atoms. The first-order valence-electron chi connectivity index (χ1n) is 9.73. The van der Waals surface area contributed by atoms with Crippen molar-refractivity contribution in [3.05, 3.63) is 59.5 Å². The maximum Gasteiger partial charge on any atom is 0.418 e. The van der Waals surface area contributed by atoms with E-state index in [9.17, 15) is 18.0 Å². The summed E-state index contributed by atoms with van der Waals surface area (Å²) >= 11 is 1.54. The van der Waals surface area contributed by atoms with Crippen molar-refractivity contribution in [2.45, 2.75) is 6.18 Å². The lowest BCUT2D eigenvalue weighted by Gasteiger charge is -2.35. The Kier molecular flexibility index (Phi) is 5.00. The first-order chi connectivity index (χ1) is 15.4. The van der Waals surface area contributed by atoms with Gasteiger partial charge in [0.05, 0.1) is 22.8 Å². The molecule has 1 fully saturated rings. The van der Waals surface area contributed by atoms with Crippen LogP contribution in [0.2, 0.25) is 0 Å². The molecule has 0 bridgehead atoms. The van der Waals surface area contributed by atoms with Gasteiger partial charge >= 0.3 is 6.18 Å². The van der Waals surface area contributed by atoms with Gasteiger partial charge in [-0.1, -0.05) is 17.3 Å². The molecule has 32 heavy (non-hydrogen) atoms. The number of hydrogen-bond acceptors (Lipinski definition) is 7. The fourth-order valence-corrected chi connectivity index (χ4v) is 4.43. The van der Waals surface area contributed by atoms with Gasteiger partial charge in [-0.3, -0.25) is 4.79 Å². The van der Waals surface area contributed by atoms with Gasteiger partial charge in [-0.25, -0.2) is 14.6 Å². The molecule has 164 valence electrons. The van der Waals surface area contributed by atoms with Gasteiger partial charge in [0.15, 0.2) is 5.69 Å². The third-order valence-electron chi connectivity index (χ3n) is 5.28. The number of carbonyl (C=O) groups excluding carboxylic acids is 1. The molecule has 3 aromatic heterocycles. The zero-order chi connectivity index (χ0) is 22.3. The standard InChI is InChI=1S/C20H16F3N7OS/c21-20(22,23)14-3-1-2-4-16(14)30-11-15(26-27-30)19(31)29-8-6-28(7-9-29)17-13-5-10-32-18(13)25-12-24-17/h1-5,10-12H,6-9H2. The lowest BCUT2D eigenvalue weighted by molar-refractivity contribution is -0.137. The molecule has 0 radical (unpaired) electrons. The van der Waals surface area contributed by atoms with Gasteiger partial charge in [-0.05, 0) is 23.6 Å². The third kappa shape index (κ3) is 3.66. The number of alkyl halides is 3. The number of anilines is 1. The number of benzene rings is 1. The van der Waals surface area contributed by atoms with Crippen LogP contribution in [0.1, 0.15) is 16.1 Å². The van der Waals surface area contributed by atoms with E-state index in [2.05, 4.69) is 25.2 Å². The lowest BCUT2D eigenvalue weighted by Crippen LogP contribution is -2.49. The van der Waals surface area contributed by atoms with Crippen LogP contribution >= 0.6 is 11.3 Å². The summed E-state index contributed by atoms with van der Waals surface area (Å²) in [6, 6.07) is 7.01. The maximum absolute atomic E-state index is 13.3. The van der Waals surface area contributed by atoms with Crippen LogP contribution < -0.4 is 4.90 Å². The number of aromatic nitrogens is 5. The van der Waals surface area contributed by atoms with E-state index in [0.717, 1.165) is 26.8 Å². The summed E-state index contributed by atoms with van der Waals surface area (Å²) < 4.78 is 40.9. The summed E-state index contributed by atoms with van der Waals surface area (Å²) in [6.07, 6.45) is -1.78. The number of piperazine rings is 1.